The van der Waals surface area contributed by atoms with Gasteiger partial charge in [0.1, 0.15) is 11.4 Å². The van der Waals surface area contributed by atoms with Gasteiger partial charge in [0.05, 0.1) is 18.1 Å². The van der Waals surface area contributed by atoms with Crippen molar-refractivity contribution in [3.8, 4) is 0 Å². The summed E-state index contributed by atoms with van der Waals surface area (Å²) in [6.45, 7) is 1.17. The largest absolute Gasteiger partial charge is 0.395 e. The number of aliphatic hydroxyl groups excluding tert-OH is 1. The average Bonchev–Trinajstić information content (AvgIpc) is 2.69. The van der Waals surface area contributed by atoms with E-state index in [0.29, 0.717) is 10.0 Å². The predicted octanol–water partition coefficient (Wildman–Crippen LogP) is 1.32. The van der Waals surface area contributed by atoms with Crippen LogP contribution in [0.2, 0.25) is 0 Å². The summed E-state index contributed by atoms with van der Waals surface area (Å²) in [4.78, 5) is 35.2. The van der Waals surface area contributed by atoms with Crippen molar-refractivity contribution in [2.24, 2.45) is 0 Å². The molecule has 0 radical (unpaired) electrons. The van der Waals surface area contributed by atoms with Gasteiger partial charge in [-0.2, -0.15) is 0 Å². The number of hydrogen-bond acceptors (Lipinski definition) is 6. The number of carbonyl (C=O) groups excluding carboxylic acids is 2. The number of rotatable bonds is 5. The van der Waals surface area contributed by atoms with Gasteiger partial charge in [-0.05, 0) is 18.6 Å². The number of nitro benzene ring substituents is 1. The maximum atomic E-state index is 12.1. The van der Waals surface area contributed by atoms with E-state index in [2.05, 4.69) is 21.2 Å². The molecule has 1 aliphatic heterocycles. The molecule has 0 bridgehead atoms. The van der Waals surface area contributed by atoms with Crippen LogP contribution in [-0.4, -0.2) is 39.9 Å². The first-order valence-electron chi connectivity index (χ1n) is 6.25. The number of amides is 2. The lowest BCUT2D eigenvalue weighted by Gasteiger charge is -2.14. The number of carbonyl (C=O) groups is 2. The second kappa shape index (κ2) is 6.24. The van der Waals surface area contributed by atoms with Gasteiger partial charge in [0.15, 0.2) is 0 Å². The zero-order chi connectivity index (χ0) is 16.4. The van der Waals surface area contributed by atoms with Crippen molar-refractivity contribution in [3.63, 3.8) is 0 Å². The highest BCUT2D eigenvalue weighted by Gasteiger charge is 2.32. The molecule has 0 saturated heterocycles. The monoisotopic (exact) mass is 369 g/mol. The first kappa shape index (κ1) is 16.1. The molecule has 1 aromatic rings. The molecule has 2 amide bonds. The number of nitro groups is 1. The number of benzene rings is 1. The maximum Gasteiger partial charge on any atom is 0.294 e. The lowest BCUT2D eigenvalue weighted by Crippen LogP contribution is -2.34. The van der Waals surface area contributed by atoms with E-state index >= 15 is 0 Å². The summed E-state index contributed by atoms with van der Waals surface area (Å²) >= 11 is 3.18. The molecule has 0 aromatic heterocycles. The van der Waals surface area contributed by atoms with Crippen LogP contribution < -0.4 is 5.32 Å². The van der Waals surface area contributed by atoms with Crippen molar-refractivity contribution in [2.45, 2.75) is 6.92 Å². The molecule has 0 atom stereocenters. The molecule has 0 fully saturated rings. The fourth-order valence-electron chi connectivity index (χ4n) is 2.08. The Morgan fingerprint density at radius 2 is 2.09 bits per heavy atom. The second-order valence-electron chi connectivity index (χ2n) is 4.58. The fourth-order valence-corrected chi connectivity index (χ4v) is 2.64. The van der Waals surface area contributed by atoms with Crippen LogP contribution in [0.15, 0.2) is 28.4 Å². The van der Waals surface area contributed by atoms with Gasteiger partial charge in [-0.25, -0.2) is 0 Å². The van der Waals surface area contributed by atoms with E-state index in [0.717, 1.165) is 11.0 Å². The summed E-state index contributed by atoms with van der Waals surface area (Å²) in [7, 11) is 0. The van der Waals surface area contributed by atoms with Gasteiger partial charge >= 0.3 is 0 Å². The number of aliphatic hydroxyl groups is 1. The van der Waals surface area contributed by atoms with E-state index in [1.807, 2.05) is 0 Å². The van der Waals surface area contributed by atoms with Crippen molar-refractivity contribution in [3.05, 3.63) is 44.1 Å². The molecular weight excluding hydrogens is 358 g/mol. The lowest BCUT2D eigenvalue weighted by atomic mass is 10.1. The molecule has 8 nitrogen and oxygen atoms in total. The van der Waals surface area contributed by atoms with Crippen LogP contribution in [0.3, 0.4) is 0 Å². The Kier molecular flexibility index (Phi) is 4.57. The number of β-amino-alcohol motifs (C(OH)–C–C–N with tert-alkyl or cyclic N) is 1. The first-order valence-corrected chi connectivity index (χ1v) is 7.04. The van der Waals surface area contributed by atoms with Crippen molar-refractivity contribution >= 4 is 39.1 Å². The van der Waals surface area contributed by atoms with Crippen LogP contribution in [0.1, 0.15) is 5.56 Å². The molecule has 1 aromatic carbocycles. The number of aryl methyl sites for hydroxylation is 1. The average molecular weight is 370 g/mol. The Hall–Kier alpha value is -2.26. The van der Waals surface area contributed by atoms with E-state index in [-0.39, 0.29) is 30.2 Å². The fraction of sp³-hybridized carbons (Fsp3) is 0.231. The summed E-state index contributed by atoms with van der Waals surface area (Å²) in [6, 6.07) is 2.96. The molecule has 22 heavy (non-hydrogen) atoms. The van der Waals surface area contributed by atoms with Gasteiger partial charge in [0.2, 0.25) is 0 Å². The maximum absolute atomic E-state index is 12.1. The van der Waals surface area contributed by atoms with Gasteiger partial charge < -0.3 is 10.4 Å². The lowest BCUT2D eigenvalue weighted by molar-refractivity contribution is -0.384. The van der Waals surface area contributed by atoms with Crippen molar-refractivity contribution in [2.75, 3.05) is 18.5 Å². The normalized spacial score (nSPS) is 14.3. The third kappa shape index (κ3) is 3.00. The Balaban J connectivity index is 2.36. The third-order valence-electron chi connectivity index (χ3n) is 3.07. The minimum atomic E-state index is -0.629. The Labute approximate surface area is 133 Å². The summed E-state index contributed by atoms with van der Waals surface area (Å²) in [6.07, 6.45) is 1.06. The zero-order valence-electron chi connectivity index (χ0n) is 11.5. The van der Waals surface area contributed by atoms with Gasteiger partial charge in [-0.1, -0.05) is 15.9 Å². The third-order valence-corrected chi connectivity index (χ3v) is 3.53. The van der Waals surface area contributed by atoms with Crippen LogP contribution >= 0.6 is 15.9 Å². The van der Waals surface area contributed by atoms with Crippen molar-refractivity contribution < 1.29 is 19.6 Å². The highest BCUT2D eigenvalue weighted by Crippen LogP contribution is 2.33. The molecule has 1 heterocycles. The van der Waals surface area contributed by atoms with E-state index < -0.39 is 16.7 Å². The second-order valence-corrected chi connectivity index (χ2v) is 5.49. The number of imide groups is 1. The number of halogens is 1. The molecule has 2 rings (SSSR count). The minimum Gasteiger partial charge on any atom is -0.395 e. The zero-order valence-corrected chi connectivity index (χ0v) is 13.1. The molecule has 0 spiro atoms. The first-order chi connectivity index (χ1) is 10.3. The topological polar surface area (TPSA) is 113 Å². The van der Waals surface area contributed by atoms with E-state index in [4.69, 9.17) is 5.11 Å². The van der Waals surface area contributed by atoms with E-state index in [9.17, 15) is 19.7 Å². The van der Waals surface area contributed by atoms with Gasteiger partial charge in [-0.3, -0.25) is 24.6 Å². The number of anilines is 1. The van der Waals surface area contributed by atoms with Crippen LogP contribution in [0.25, 0.3) is 0 Å². The molecule has 1 aliphatic rings. The van der Waals surface area contributed by atoms with Gasteiger partial charge in [0.25, 0.3) is 17.5 Å². The highest BCUT2D eigenvalue weighted by molar-refractivity contribution is 9.10. The molecular formula is C13H12BrN3O5. The van der Waals surface area contributed by atoms with Crippen LogP contribution in [-0.2, 0) is 9.59 Å². The molecule has 0 aliphatic carbocycles. The highest BCUT2D eigenvalue weighted by atomic mass is 79.9. The summed E-state index contributed by atoms with van der Waals surface area (Å²) in [5, 5.41) is 22.6. The van der Waals surface area contributed by atoms with E-state index in [1.165, 1.54) is 6.07 Å². The van der Waals surface area contributed by atoms with E-state index in [1.54, 1.807) is 13.0 Å². The van der Waals surface area contributed by atoms with Crippen LogP contribution in [0.4, 0.5) is 11.4 Å². The number of hydrogen-bond donors (Lipinski definition) is 2. The van der Waals surface area contributed by atoms with Crippen molar-refractivity contribution in [1.82, 2.24) is 4.90 Å². The summed E-state index contributed by atoms with van der Waals surface area (Å²) < 4.78 is 0.534. The smallest absolute Gasteiger partial charge is 0.294 e. The Bertz CT molecular complexity index is 701. The van der Waals surface area contributed by atoms with Gasteiger partial charge in [0, 0.05) is 16.6 Å². The molecule has 0 saturated carbocycles. The van der Waals surface area contributed by atoms with Crippen LogP contribution in [0.5, 0.6) is 0 Å². The summed E-state index contributed by atoms with van der Waals surface area (Å²) in [5.74, 6) is -1.20. The number of nitrogens with zero attached hydrogens (tertiary/aromatic N) is 2. The molecule has 116 valence electrons. The molecule has 9 heteroatoms. The molecule has 2 N–H and O–H groups in total. The minimum absolute atomic E-state index is 0.0630. The Morgan fingerprint density at radius 1 is 1.41 bits per heavy atom. The SMILES string of the molecule is Cc1cc(Br)cc([N+](=O)[O-])c1NC1=CC(=O)N(CCO)C1=O. The number of nitrogens with one attached hydrogen (secondary N) is 1. The molecule has 0 unspecified atom stereocenters. The Morgan fingerprint density at radius 3 is 2.68 bits per heavy atom. The van der Waals surface area contributed by atoms with Gasteiger partial charge in [-0.15, -0.1) is 0 Å². The summed E-state index contributed by atoms with van der Waals surface area (Å²) in [5.41, 5.74) is 0.412. The standard InChI is InChI=1S/C13H12BrN3O5/c1-7-4-8(14)5-10(17(21)22)12(7)15-9-6-11(19)16(2-3-18)13(9)20/h4-6,15,18H,2-3H2,1H3. The van der Waals surface area contributed by atoms with Crippen LogP contribution in [0, 0.1) is 17.0 Å². The quantitative estimate of drug-likeness (QED) is 0.459. The predicted molar refractivity (Wildman–Crippen MR) is 81.0 cm³/mol. The van der Waals surface area contributed by atoms with Crippen molar-refractivity contribution in [1.29, 1.82) is 0 Å².